The molecule has 0 amide bonds. The Balaban J connectivity index is 3.21. The van der Waals surface area contributed by atoms with Crippen LogP contribution in [-0.4, -0.2) is 12.6 Å². The van der Waals surface area contributed by atoms with Gasteiger partial charge in [-0.25, -0.2) is 0 Å². The van der Waals surface area contributed by atoms with E-state index in [1.54, 1.807) is 0 Å². The molecule has 2 heteroatoms. The minimum absolute atomic E-state index is 0.0147. The molecule has 0 rings (SSSR count). The lowest BCUT2D eigenvalue weighted by atomic mass is 10.1. The van der Waals surface area contributed by atoms with Crippen molar-refractivity contribution in [1.29, 1.82) is 0 Å². The average molecular weight is 589 g/mol. The van der Waals surface area contributed by atoms with Gasteiger partial charge in [0, 0.05) is 6.42 Å². The van der Waals surface area contributed by atoms with Crippen molar-refractivity contribution < 1.29 is 9.53 Å². The highest BCUT2D eigenvalue weighted by atomic mass is 16.5. The van der Waals surface area contributed by atoms with Crippen LogP contribution in [0.15, 0.2) is 24.3 Å². The highest BCUT2D eigenvalue weighted by Crippen LogP contribution is 2.13. The largest absolute Gasteiger partial charge is 0.466 e. The maximum atomic E-state index is 11.9. The van der Waals surface area contributed by atoms with Crippen molar-refractivity contribution in [3.05, 3.63) is 24.3 Å². The fraction of sp³-hybridized carbons (Fsp3) is 0.875. The highest BCUT2D eigenvalue weighted by molar-refractivity contribution is 5.69. The molecule has 248 valence electrons. The van der Waals surface area contributed by atoms with Gasteiger partial charge in [-0.3, -0.25) is 4.79 Å². The van der Waals surface area contributed by atoms with E-state index in [9.17, 15) is 4.79 Å². The SMILES string of the molecule is CCCCCCCC/C=C\CCCCCCCC(=O)OCCCCCCCCCCCC/C=C/CCCCCCCC. The molecular formula is C40H76O2. The zero-order chi connectivity index (χ0) is 30.4. The van der Waals surface area contributed by atoms with Gasteiger partial charge >= 0.3 is 5.97 Å². The van der Waals surface area contributed by atoms with E-state index in [1.165, 1.54) is 180 Å². The van der Waals surface area contributed by atoms with Crippen LogP contribution in [0.2, 0.25) is 0 Å². The van der Waals surface area contributed by atoms with E-state index < -0.39 is 0 Å². The van der Waals surface area contributed by atoms with Crippen LogP contribution >= 0.6 is 0 Å². The standard InChI is InChI=1S/C40H76O2/c1-3-5-7-9-11-13-15-17-19-20-21-22-23-25-27-29-31-33-35-37-39-42-40(41)38-36-34-32-30-28-26-24-18-16-14-12-10-8-6-4-2/h17-19,24H,3-16,20-23,25-39H2,1-2H3/b19-17+,24-18-. The Morgan fingerprint density at radius 2 is 0.667 bits per heavy atom. The molecule has 0 bridgehead atoms. The summed E-state index contributed by atoms with van der Waals surface area (Å²) in [6.07, 6.45) is 51.1. The number of hydrogen-bond acceptors (Lipinski definition) is 2. The summed E-state index contributed by atoms with van der Waals surface area (Å²) >= 11 is 0. The third-order valence-corrected chi connectivity index (χ3v) is 8.56. The van der Waals surface area contributed by atoms with Crippen LogP contribution in [0.1, 0.15) is 219 Å². The van der Waals surface area contributed by atoms with Gasteiger partial charge in [-0.1, -0.05) is 173 Å². The van der Waals surface area contributed by atoms with Gasteiger partial charge < -0.3 is 4.74 Å². The second kappa shape index (κ2) is 38.0. The van der Waals surface area contributed by atoms with E-state index in [2.05, 4.69) is 38.2 Å². The van der Waals surface area contributed by atoms with E-state index in [0.717, 1.165) is 19.3 Å². The molecule has 0 aliphatic heterocycles. The Hall–Kier alpha value is -1.05. The summed E-state index contributed by atoms with van der Waals surface area (Å²) in [5, 5.41) is 0. The first-order valence-electron chi connectivity index (χ1n) is 19.3. The number of hydrogen-bond donors (Lipinski definition) is 0. The van der Waals surface area contributed by atoms with Crippen LogP contribution in [0.3, 0.4) is 0 Å². The third-order valence-electron chi connectivity index (χ3n) is 8.56. The molecule has 2 nitrogen and oxygen atoms in total. The number of esters is 1. The molecule has 0 aliphatic carbocycles. The quantitative estimate of drug-likeness (QED) is 0.0418. The van der Waals surface area contributed by atoms with E-state index in [4.69, 9.17) is 4.74 Å². The van der Waals surface area contributed by atoms with Gasteiger partial charge in [0.2, 0.25) is 0 Å². The number of carbonyl (C=O) groups excluding carboxylic acids is 1. The van der Waals surface area contributed by atoms with Crippen molar-refractivity contribution in [3.8, 4) is 0 Å². The highest BCUT2D eigenvalue weighted by Gasteiger charge is 2.02. The summed E-state index contributed by atoms with van der Waals surface area (Å²) < 4.78 is 5.45. The molecule has 0 spiro atoms. The predicted octanol–water partition coefficient (Wildman–Crippen LogP) is 14.2. The summed E-state index contributed by atoms with van der Waals surface area (Å²) in [4.78, 5) is 11.9. The molecule has 0 aromatic rings. The summed E-state index contributed by atoms with van der Waals surface area (Å²) in [5.41, 5.74) is 0. The first-order valence-corrected chi connectivity index (χ1v) is 19.3. The van der Waals surface area contributed by atoms with Crippen LogP contribution < -0.4 is 0 Å². The van der Waals surface area contributed by atoms with Crippen molar-refractivity contribution in [1.82, 2.24) is 0 Å². The lowest BCUT2D eigenvalue weighted by molar-refractivity contribution is -0.143. The Labute approximate surface area is 265 Å². The van der Waals surface area contributed by atoms with Gasteiger partial charge in [-0.05, 0) is 64.2 Å². The maximum absolute atomic E-state index is 11.9. The number of unbranched alkanes of at least 4 members (excludes halogenated alkanes) is 27. The molecule has 0 N–H and O–H groups in total. The van der Waals surface area contributed by atoms with E-state index >= 15 is 0 Å². The average Bonchev–Trinajstić information content (AvgIpc) is 3.00. The molecule has 0 aromatic heterocycles. The fourth-order valence-corrected chi connectivity index (χ4v) is 5.65. The minimum Gasteiger partial charge on any atom is -0.466 e. The first-order chi connectivity index (χ1) is 20.8. The number of rotatable bonds is 35. The van der Waals surface area contributed by atoms with Gasteiger partial charge in [0.25, 0.3) is 0 Å². The molecule has 0 aromatic carbocycles. The van der Waals surface area contributed by atoms with Gasteiger partial charge in [-0.15, -0.1) is 0 Å². The lowest BCUT2D eigenvalue weighted by Gasteiger charge is -2.05. The van der Waals surface area contributed by atoms with Gasteiger partial charge in [0.15, 0.2) is 0 Å². The first kappa shape index (κ1) is 41.0. The maximum Gasteiger partial charge on any atom is 0.305 e. The summed E-state index contributed by atoms with van der Waals surface area (Å²) in [6, 6.07) is 0. The van der Waals surface area contributed by atoms with Gasteiger partial charge in [-0.2, -0.15) is 0 Å². The zero-order valence-corrected chi connectivity index (χ0v) is 29.0. The van der Waals surface area contributed by atoms with Crippen molar-refractivity contribution in [2.45, 2.75) is 219 Å². The van der Waals surface area contributed by atoms with Crippen molar-refractivity contribution in [3.63, 3.8) is 0 Å². The van der Waals surface area contributed by atoms with Crippen molar-refractivity contribution >= 4 is 5.97 Å². The Morgan fingerprint density at radius 3 is 1.02 bits per heavy atom. The predicted molar refractivity (Wildman–Crippen MR) is 188 cm³/mol. The number of carbonyl (C=O) groups is 1. The van der Waals surface area contributed by atoms with Crippen LogP contribution in [0.4, 0.5) is 0 Å². The lowest BCUT2D eigenvalue weighted by Crippen LogP contribution is -2.05. The Bertz CT molecular complexity index is 564. The van der Waals surface area contributed by atoms with Gasteiger partial charge in [0.1, 0.15) is 0 Å². The topological polar surface area (TPSA) is 26.3 Å². The number of allylic oxidation sites excluding steroid dienone is 4. The second-order valence-electron chi connectivity index (χ2n) is 12.9. The normalized spacial score (nSPS) is 11.8. The third kappa shape index (κ3) is 37.0. The molecule has 0 saturated carbocycles. The molecule has 0 radical (unpaired) electrons. The van der Waals surface area contributed by atoms with E-state index in [0.29, 0.717) is 13.0 Å². The minimum atomic E-state index is 0.0147. The van der Waals surface area contributed by atoms with Crippen molar-refractivity contribution in [2.24, 2.45) is 0 Å². The zero-order valence-electron chi connectivity index (χ0n) is 29.0. The fourth-order valence-electron chi connectivity index (χ4n) is 5.65. The molecule has 42 heavy (non-hydrogen) atoms. The summed E-state index contributed by atoms with van der Waals surface area (Å²) in [7, 11) is 0. The second-order valence-corrected chi connectivity index (χ2v) is 12.9. The molecule has 0 heterocycles. The smallest absolute Gasteiger partial charge is 0.305 e. The van der Waals surface area contributed by atoms with Gasteiger partial charge in [0.05, 0.1) is 6.61 Å². The molecule has 0 aliphatic rings. The molecule has 0 unspecified atom stereocenters. The van der Waals surface area contributed by atoms with E-state index in [-0.39, 0.29) is 5.97 Å². The Morgan fingerprint density at radius 1 is 0.381 bits per heavy atom. The van der Waals surface area contributed by atoms with Crippen molar-refractivity contribution in [2.75, 3.05) is 6.61 Å². The monoisotopic (exact) mass is 589 g/mol. The van der Waals surface area contributed by atoms with E-state index in [1.807, 2.05) is 0 Å². The van der Waals surface area contributed by atoms with Crippen LogP contribution in [-0.2, 0) is 9.53 Å². The summed E-state index contributed by atoms with van der Waals surface area (Å²) in [5.74, 6) is 0.0147. The summed E-state index contributed by atoms with van der Waals surface area (Å²) in [6.45, 7) is 5.19. The molecule has 0 fully saturated rings. The molecular weight excluding hydrogens is 512 g/mol. The molecule has 0 atom stereocenters. The molecule has 0 saturated heterocycles. The number of ether oxygens (including phenoxy) is 1. The van der Waals surface area contributed by atoms with Crippen LogP contribution in [0.25, 0.3) is 0 Å². The van der Waals surface area contributed by atoms with Crippen LogP contribution in [0.5, 0.6) is 0 Å². The Kier molecular flexibility index (Phi) is 37.0. The van der Waals surface area contributed by atoms with Crippen LogP contribution in [0, 0.1) is 0 Å².